The quantitative estimate of drug-likeness (QED) is 0.754. The fourth-order valence-corrected chi connectivity index (χ4v) is 3.86. The maximum absolute atomic E-state index is 12.0. The summed E-state index contributed by atoms with van der Waals surface area (Å²) in [6.07, 6.45) is 2.33. The van der Waals surface area contributed by atoms with Gasteiger partial charge >= 0.3 is 0 Å². The molecule has 1 amide bonds. The lowest BCUT2D eigenvalue weighted by Gasteiger charge is -2.17. The maximum atomic E-state index is 12.0. The Labute approximate surface area is 137 Å². The molecular weight excluding hydrogens is 326 g/mol. The second kappa shape index (κ2) is 8.36. The van der Waals surface area contributed by atoms with Crippen molar-refractivity contribution in [3.8, 4) is 0 Å². The fourth-order valence-electron chi connectivity index (χ4n) is 2.31. The Morgan fingerprint density at radius 2 is 2.09 bits per heavy atom. The monoisotopic (exact) mass is 347 g/mol. The fraction of sp³-hybridized carbons (Fsp3) is 0.500. The van der Waals surface area contributed by atoms with Gasteiger partial charge in [-0.05, 0) is 44.0 Å². The number of carbonyl (C=O) groups is 1. The first-order valence-corrected chi connectivity index (χ1v) is 8.74. The number of nitrogens with two attached hydrogens (primary N) is 1. The van der Waals surface area contributed by atoms with Gasteiger partial charge < -0.3 is 11.1 Å². The molecule has 0 unspecified atom stereocenters. The summed E-state index contributed by atoms with van der Waals surface area (Å²) < 4.78 is 25.2. The summed E-state index contributed by atoms with van der Waals surface area (Å²) >= 11 is 0. The molecule has 0 spiro atoms. The molecule has 2 rings (SSSR count). The number of hydrogen-bond acceptors (Lipinski definition) is 4. The Morgan fingerprint density at radius 1 is 1.32 bits per heavy atom. The van der Waals surface area contributed by atoms with E-state index >= 15 is 0 Å². The molecule has 1 aliphatic heterocycles. The molecule has 1 saturated heterocycles. The average Bonchev–Trinajstić information content (AvgIpc) is 2.83. The van der Waals surface area contributed by atoms with Crippen LogP contribution in [0.25, 0.3) is 0 Å². The molecule has 8 heteroatoms. The minimum absolute atomic E-state index is 0. The molecule has 1 heterocycles. The van der Waals surface area contributed by atoms with E-state index in [9.17, 15) is 13.2 Å². The zero-order valence-corrected chi connectivity index (χ0v) is 14.0. The van der Waals surface area contributed by atoms with Crippen LogP contribution in [0.2, 0.25) is 0 Å². The predicted octanol–water partition coefficient (Wildman–Crippen LogP) is 1.12. The van der Waals surface area contributed by atoms with E-state index in [0.29, 0.717) is 37.3 Å². The molecule has 124 valence electrons. The molecule has 0 radical (unpaired) electrons. The van der Waals surface area contributed by atoms with Crippen LogP contribution in [0.5, 0.6) is 0 Å². The van der Waals surface area contributed by atoms with Crippen molar-refractivity contribution in [3.63, 3.8) is 0 Å². The smallest absolute Gasteiger partial charge is 0.251 e. The Kier molecular flexibility index (Phi) is 7.12. The molecule has 1 fully saturated rings. The summed E-state index contributed by atoms with van der Waals surface area (Å²) in [7, 11) is -3.22. The first kappa shape index (κ1) is 18.7. The van der Waals surface area contributed by atoms with E-state index in [2.05, 4.69) is 5.32 Å². The van der Waals surface area contributed by atoms with Crippen molar-refractivity contribution in [2.45, 2.75) is 19.3 Å². The Bertz CT molecular complexity index is 607. The van der Waals surface area contributed by atoms with Gasteiger partial charge in [-0.2, -0.15) is 0 Å². The van der Waals surface area contributed by atoms with Gasteiger partial charge in [0.25, 0.3) is 5.91 Å². The van der Waals surface area contributed by atoms with Crippen molar-refractivity contribution in [1.82, 2.24) is 5.32 Å². The SMILES string of the molecule is Cl.NCCCCNC(=O)c1cccc(N2CCCS2(=O)=O)c1. The molecule has 0 aromatic heterocycles. The number of nitrogens with zero attached hydrogens (tertiary/aromatic N) is 1. The summed E-state index contributed by atoms with van der Waals surface area (Å²) in [5.41, 5.74) is 6.43. The van der Waals surface area contributed by atoms with Crippen molar-refractivity contribution < 1.29 is 13.2 Å². The second-order valence-electron chi connectivity index (χ2n) is 5.04. The van der Waals surface area contributed by atoms with E-state index < -0.39 is 10.0 Å². The molecule has 0 bridgehead atoms. The molecule has 0 atom stereocenters. The number of sulfonamides is 1. The highest BCUT2D eigenvalue weighted by atomic mass is 35.5. The molecular formula is C14H22ClN3O3S. The number of hydrogen-bond donors (Lipinski definition) is 2. The van der Waals surface area contributed by atoms with Crippen LogP contribution in [0.3, 0.4) is 0 Å². The van der Waals surface area contributed by atoms with Gasteiger partial charge in [0.1, 0.15) is 0 Å². The van der Waals surface area contributed by atoms with E-state index in [-0.39, 0.29) is 24.1 Å². The molecule has 6 nitrogen and oxygen atoms in total. The highest BCUT2D eigenvalue weighted by Crippen LogP contribution is 2.24. The molecule has 22 heavy (non-hydrogen) atoms. The van der Waals surface area contributed by atoms with Gasteiger partial charge in [-0.25, -0.2) is 8.42 Å². The van der Waals surface area contributed by atoms with E-state index in [1.54, 1.807) is 24.3 Å². The van der Waals surface area contributed by atoms with Gasteiger partial charge in [-0.15, -0.1) is 12.4 Å². The van der Waals surface area contributed by atoms with Crippen LogP contribution in [0.1, 0.15) is 29.6 Å². The summed E-state index contributed by atoms with van der Waals surface area (Å²) in [6, 6.07) is 6.73. The van der Waals surface area contributed by atoms with Crippen molar-refractivity contribution in [2.24, 2.45) is 5.73 Å². The summed E-state index contributed by atoms with van der Waals surface area (Å²) in [5, 5.41) is 2.81. The lowest BCUT2D eigenvalue weighted by Crippen LogP contribution is -2.27. The molecule has 1 aromatic rings. The van der Waals surface area contributed by atoms with Crippen LogP contribution >= 0.6 is 12.4 Å². The third kappa shape index (κ3) is 4.59. The maximum Gasteiger partial charge on any atom is 0.251 e. The predicted molar refractivity (Wildman–Crippen MR) is 90.1 cm³/mol. The van der Waals surface area contributed by atoms with Crippen LogP contribution in [0.4, 0.5) is 5.69 Å². The molecule has 0 saturated carbocycles. The Balaban J connectivity index is 0.00000242. The standard InChI is InChI=1S/C14H21N3O3S.ClH/c15-7-1-2-8-16-14(18)12-5-3-6-13(11-12)17-9-4-10-21(17,19)20;/h3,5-6,11H,1-2,4,7-10,15H2,(H,16,18);1H. The number of nitrogens with one attached hydrogen (secondary N) is 1. The zero-order valence-electron chi connectivity index (χ0n) is 12.3. The number of rotatable bonds is 6. The van der Waals surface area contributed by atoms with Gasteiger partial charge in [0, 0.05) is 18.7 Å². The van der Waals surface area contributed by atoms with Crippen LogP contribution in [0.15, 0.2) is 24.3 Å². The summed E-state index contributed by atoms with van der Waals surface area (Å²) in [5.74, 6) is -0.0202. The summed E-state index contributed by atoms with van der Waals surface area (Å²) in [6.45, 7) is 1.66. The van der Waals surface area contributed by atoms with E-state index in [1.807, 2.05) is 0 Å². The highest BCUT2D eigenvalue weighted by molar-refractivity contribution is 7.93. The van der Waals surface area contributed by atoms with E-state index in [0.717, 1.165) is 12.8 Å². The number of amides is 1. The number of halogens is 1. The van der Waals surface area contributed by atoms with Gasteiger partial charge in [0.05, 0.1) is 11.4 Å². The zero-order chi connectivity index (χ0) is 15.3. The minimum Gasteiger partial charge on any atom is -0.352 e. The molecule has 0 aliphatic carbocycles. The first-order valence-electron chi connectivity index (χ1n) is 7.13. The van der Waals surface area contributed by atoms with Crippen molar-refractivity contribution in [3.05, 3.63) is 29.8 Å². The molecule has 1 aromatic carbocycles. The first-order chi connectivity index (χ1) is 10.0. The third-order valence-electron chi connectivity index (χ3n) is 3.41. The van der Waals surface area contributed by atoms with Gasteiger partial charge in [0.2, 0.25) is 10.0 Å². The van der Waals surface area contributed by atoms with Crippen LogP contribution in [-0.2, 0) is 10.0 Å². The number of carbonyl (C=O) groups excluding carboxylic acids is 1. The summed E-state index contributed by atoms with van der Waals surface area (Å²) in [4.78, 5) is 12.0. The van der Waals surface area contributed by atoms with Crippen LogP contribution < -0.4 is 15.4 Å². The Hall–Kier alpha value is -1.31. The molecule has 3 N–H and O–H groups in total. The van der Waals surface area contributed by atoms with Gasteiger partial charge in [0.15, 0.2) is 0 Å². The number of unbranched alkanes of at least 4 members (excludes halogenated alkanes) is 1. The number of anilines is 1. The van der Waals surface area contributed by atoms with Crippen molar-refractivity contribution >= 4 is 34.0 Å². The minimum atomic E-state index is -3.22. The van der Waals surface area contributed by atoms with Gasteiger partial charge in [-0.1, -0.05) is 6.07 Å². The lowest BCUT2D eigenvalue weighted by atomic mass is 10.2. The van der Waals surface area contributed by atoms with Crippen LogP contribution in [0, 0.1) is 0 Å². The average molecular weight is 348 g/mol. The lowest BCUT2D eigenvalue weighted by molar-refractivity contribution is 0.0953. The van der Waals surface area contributed by atoms with E-state index in [1.165, 1.54) is 4.31 Å². The topological polar surface area (TPSA) is 92.5 Å². The van der Waals surface area contributed by atoms with Crippen molar-refractivity contribution in [1.29, 1.82) is 0 Å². The van der Waals surface area contributed by atoms with Gasteiger partial charge in [-0.3, -0.25) is 9.10 Å². The molecule has 1 aliphatic rings. The largest absolute Gasteiger partial charge is 0.352 e. The van der Waals surface area contributed by atoms with E-state index in [4.69, 9.17) is 5.73 Å². The van der Waals surface area contributed by atoms with Crippen molar-refractivity contribution in [2.75, 3.05) is 29.7 Å². The highest BCUT2D eigenvalue weighted by Gasteiger charge is 2.28. The second-order valence-corrected chi connectivity index (χ2v) is 7.06. The van der Waals surface area contributed by atoms with Crippen LogP contribution in [-0.4, -0.2) is 39.7 Å². The normalized spacial score (nSPS) is 16.1. The number of benzene rings is 1. The third-order valence-corrected chi connectivity index (χ3v) is 5.28. The Morgan fingerprint density at radius 3 is 2.73 bits per heavy atom.